The van der Waals surface area contributed by atoms with Gasteiger partial charge in [-0.1, -0.05) is 12.2 Å². The summed E-state index contributed by atoms with van der Waals surface area (Å²) in [5.41, 5.74) is 2.65. The van der Waals surface area contributed by atoms with Gasteiger partial charge in [-0.15, -0.1) is 0 Å². The maximum atomic E-state index is 15.2. The number of aryl methyl sites for hydroxylation is 1. The Hall–Kier alpha value is -3.11. The number of methoxy groups -OCH3 is 1. The zero-order valence-corrected chi connectivity index (χ0v) is 19.9. The molecule has 3 heterocycles. The van der Waals surface area contributed by atoms with E-state index in [-0.39, 0.29) is 30.9 Å². The fraction of sp³-hybridized carbons (Fsp3) is 0.458. The molecule has 1 N–H and O–H groups in total. The Balaban J connectivity index is 1.63. The van der Waals surface area contributed by atoms with Crippen LogP contribution in [0, 0.1) is 12.7 Å². The van der Waals surface area contributed by atoms with Gasteiger partial charge in [-0.3, -0.25) is 4.98 Å². The van der Waals surface area contributed by atoms with Crippen LogP contribution in [-0.2, 0) is 4.74 Å². The lowest BCUT2D eigenvalue weighted by Crippen LogP contribution is -2.35. The fourth-order valence-corrected chi connectivity index (χ4v) is 4.42. The van der Waals surface area contributed by atoms with Crippen LogP contribution in [0.15, 0.2) is 42.0 Å². The van der Waals surface area contributed by atoms with Gasteiger partial charge in [0.05, 0.1) is 25.1 Å². The molecule has 2 aromatic rings. The van der Waals surface area contributed by atoms with E-state index in [4.69, 9.17) is 9.47 Å². The average Bonchev–Trinajstić information content (AvgIpc) is 3.09. The van der Waals surface area contributed by atoms with Gasteiger partial charge in [0.15, 0.2) is 5.82 Å². The summed E-state index contributed by atoms with van der Waals surface area (Å²) >= 11 is 0. The molecule has 4 rings (SSSR count). The van der Waals surface area contributed by atoms with Crippen LogP contribution in [0.2, 0.25) is 0 Å². The molecule has 2 unspecified atom stereocenters. The molecule has 0 radical (unpaired) electrons. The summed E-state index contributed by atoms with van der Waals surface area (Å²) in [7, 11) is 5.27. The van der Waals surface area contributed by atoms with Crippen molar-refractivity contribution in [2.45, 2.75) is 32.0 Å². The van der Waals surface area contributed by atoms with E-state index in [2.05, 4.69) is 20.3 Å². The van der Waals surface area contributed by atoms with Crippen molar-refractivity contribution in [1.82, 2.24) is 20.3 Å². The molecule has 8 nitrogen and oxygen atoms in total. The van der Waals surface area contributed by atoms with Crippen molar-refractivity contribution in [3.63, 3.8) is 0 Å². The van der Waals surface area contributed by atoms with Gasteiger partial charge in [0, 0.05) is 44.0 Å². The Morgan fingerprint density at radius 3 is 2.76 bits per heavy atom. The average molecular weight is 473 g/mol. The van der Waals surface area contributed by atoms with Crippen molar-refractivity contribution in [2.24, 2.45) is 0 Å². The van der Waals surface area contributed by atoms with Crippen LogP contribution < -0.4 is 19.9 Å². The SMILES string of the molecule is CNCCCOC1C=CC(CN2c3nc(OC)nc(C)c3N(C)C2c2cncc(F)c2)=C(F)C1. The number of hydrogen-bond acceptors (Lipinski definition) is 8. The van der Waals surface area contributed by atoms with Crippen molar-refractivity contribution in [3.8, 4) is 6.01 Å². The van der Waals surface area contributed by atoms with E-state index in [1.54, 1.807) is 12.3 Å². The number of nitrogens with one attached hydrogen (secondary N) is 1. The molecule has 0 amide bonds. The van der Waals surface area contributed by atoms with Gasteiger partial charge >= 0.3 is 6.01 Å². The number of anilines is 2. The molecule has 34 heavy (non-hydrogen) atoms. The third-order valence-electron chi connectivity index (χ3n) is 6.00. The number of fused-ring (bicyclic) bond motifs is 1. The highest BCUT2D eigenvalue weighted by molar-refractivity contribution is 5.77. The van der Waals surface area contributed by atoms with Crippen molar-refractivity contribution in [3.05, 3.63) is 59.1 Å². The highest BCUT2D eigenvalue weighted by Gasteiger charge is 2.39. The molecule has 1 aliphatic heterocycles. The predicted molar refractivity (Wildman–Crippen MR) is 126 cm³/mol. The van der Waals surface area contributed by atoms with E-state index in [0.717, 1.165) is 24.8 Å². The van der Waals surface area contributed by atoms with Crippen molar-refractivity contribution >= 4 is 11.5 Å². The van der Waals surface area contributed by atoms with Crippen LogP contribution in [0.3, 0.4) is 0 Å². The lowest BCUT2D eigenvalue weighted by atomic mass is 10.0. The largest absolute Gasteiger partial charge is 0.467 e. The molecule has 1 aliphatic carbocycles. The van der Waals surface area contributed by atoms with Gasteiger partial charge in [0.1, 0.15) is 23.5 Å². The Kier molecular flexibility index (Phi) is 7.38. The van der Waals surface area contributed by atoms with E-state index < -0.39 is 12.0 Å². The van der Waals surface area contributed by atoms with Crippen LogP contribution in [-0.4, -0.2) is 62.0 Å². The van der Waals surface area contributed by atoms with Crippen LogP contribution >= 0.6 is 0 Å². The zero-order valence-electron chi connectivity index (χ0n) is 19.9. The Labute approximate surface area is 198 Å². The summed E-state index contributed by atoms with van der Waals surface area (Å²) in [5, 5.41) is 3.07. The quantitative estimate of drug-likeness (QED) is 0.556. The number of rotatable bonds is 9. The monoisotopic (exact) mass is 472 g/mol. The second kappa shape index (κ2) is 10.4. The maximum Gasteiger partial charge on any atom is 0.318 e. The number of halogens is 2. The molecular weight excluding hydrogens is 442 g/mol. The first-order chi connectivity index (χ1) is 16.4. The minimum atomic E-state index is -0.442. The fourth-order valence-electron chi connectivity index (χ4n) is 4.42. The molecule has 0 saturated heterocycles. The highest BCUT2D eigenvalue weighted by Crippen LogP contribution is 2.46. The maximum absolute atomic E-state index is 15.2. The number of aromatic nitrogens is 3. The first kappa shape index (κ1) is 24.0. The predicted octanol–water partition coefficient (Wildman–Crippen LogP) is 3.46. The van der Waals surface area contributed by atoms with Gasteiger partial charge in [-0.25, -0.2) is 8.78 Å². The van der Waals surface area contributed by atoms with E-state index >= 15 is 4.39 Å². The van der Waals surface area contributed by atoms with E-state index in [9.17, 15) is 4.39 Å². The lowest BCUT2D eigenvalue weighted by molar-refractivity contribution is 0.0788. The smallest absolute Gasteiger partial charge is 0.318 e. The Morgan fingerprint density at radius 2 is 2.06 bits per heavy atom. The highest BCUT2D eigenvalue weighted by atomic mass is 19.1. The topological polar surface area (TPSA) is 75.6 Å². The Morgan fingerprint density at radius 1 is 1.24 bits per heavy atom. The van der Waals surface area contributed by atoms with Gasteiger partial charge in [0.2, 0.25) is 0 Å². The van der Waals surface area contributed by atoms with Crippen molar-refractivity contribution < 1.29 is 18.3 Å². The number of ether oxygens (including phenoxy) is 2. The van der Waals surface area contributed by atoms with Crippen molar-refractivity contribution in [1.29, 1.82) is 0 Å². The summed E-state index contributed by atoms with van der Waals surface area (Å²) in [4.78, 5) is 16.9. The molecule has 0 fully saturated rings. The first-order valence-electron chi connectivity index (χ1n) is 11.3. The summed E-state index contributed by atoms with van der Waals surface area (Å²) in [6.45, 7) is 3.50. The normalized spacial score (nSPS) is 19.7. The molecule has 0 aromatic carbocycles. The van der Waals surface area contributed by atoms with E-state index in [0.29, 0.717) is 29.3 Å². The van der Waals surface area contributed by atoms with Gasteiger partial charge in [-0.05, 0) is 33.0 Å². The van der Waals surface area contributed by atoms with E-state index in [1.165, 1.54) is 13.2 Å². The van der Waals surface area contributed by atoms with Crippen LogP contribution in [0.4, 0.5) is 20.3 Å². The molecule has 182 valence electrons. The summed E-state index contributed by atoms with van der Waals surface area (Å²) < 4.78 is 40.3. The molecule has 0 bridgehead atoms. The second-order valence-corrected chi connectivity index (χ2v) is 8.38. The number of hydrogen-bond donors (Lipinski definition) is 1. The minimum Gasteiger partial charge on any atom is -0.467 e. The van der Waals surface area contributed by atoms with Crippen LogP contribution in [0.5, 0.6) is 6.01 Å². The summed E-state index contributed by atoms with van der Waals surface area (Å²) in [6.07, 6.45) is 6.74. The van der Waals surface area contributed by atoms with Gasteiger partial charge in [0.25, 0.3) is 0 Å². The molecule has 10 heteroatoms. The van der Waals surface area contributed by atoms with Crippen LogP contribution in [0.1, 0.15) is 30.3 Å². The number of nitrogens with zero attached hydrogens (tertiary/aromatic N) is 5. The number of pyridine rings is 1. The third kappa shape index (κ3) is 4.88. The minimum absolute atomic E-state index is 0.181. The third-order valence-corrected chi connectivity index (χ3v) is 6.00. The molecule has 0 spiro atoms. The second-order valence-electron chi connectivity index (χ2n) is 8.38. The lowest BCUT2D eigenvalue weighted by Gasteiger charge is -2.31. The first-order valence-corrected chi connectivity index (χ1v) is 11.3. The summed E-state index contributed by atoms with van der Waals surface area (Å²) in [5.74, 6) is -0.0743. The molecule has 0 saturated carbocycles. The van der Waals surface area contributed by atoms with Gasteiger partial charge in [-0.2, -0.15) is 9.97 Å². The molecule has 2 atom stereocenters. The van der Waals surface area contributed by atoms with Crippen molar-refractivity contribution in [2.75, 3.05) is 50.7 Å². The summed E-state index contributed by atoms with van der Waals surface area (Å²) in [6, 6.07) is 1.65. The molecular formula is C24H30F2N6O2. The zero-order chi connectivity index (χ0) is 24.2. The standard InChI is InChI=1S/C24H30F2N6O2/c1-15-21-22(30-24(29-15)33-4)32(23(31(21)3)17-10-18(25)13-28-12-17)14-16-6-7-19(11-20(16)26)34-9-5-8-27-2/h6-7,10,12-13,19,23,27H,5,8-9,11,14H2,1-4H3. The molecule has 2 aromatic heterocycles. The van der Waals surface area contributed by atoms with E-state index in [1.807, 2.05) is 36.9 Å². The molecule has 2 aliphatic rings. The Bertz CT molecular complexity index is 1090. The van der Waals surface area contributed by atoms with Crippen LogP contribution in [0.25, 0.3) is 0 Å². The van der Waals surface area contributed by atoms with Gasteiger partial charge < -0.3 is 24.6 Å².